The molecule has 0 heterocycles. The third-order valence-corrected chi connectivity index (χ3v) is 3.33. The van der Waals surface area contributed by atoms with Gasteiger partial charge < -0.3 is 5.32 Å². The lowest BCUT2D eigenvalue weighted by Gasteiger charge is -2.14. The lowest BCUT2D eigenvalue weighted by atomic mass is 10.2. The van der Waals surface area contributed by atoms with Gasteiger partial charge in [0.25, 0.3) is 0 Å². The first kappa shape index (κ1) is 9.97. The third kappa shape index (κ3) is 2.27. The van der Waals surface area contributed by atoms with Crippen LogP contribution < -0.4 is 5.32 Å². The molecule has 3 heteroatoms. The van der Waals surface area contributed by atoms with Crippen LogP contribution in [0.25, 0.3) is 0 Å². The highest BCUT2D eigenvalue weighted by Gasteiger charge is 2.15. The van der Waals surface area contributed by atoms with E-state index in [1.54, 1.807) is 12.1 Å². The SMILES string of the molecule is Fc1ccc(Br)c(NC2CCCC2)c1. The molecular weight excluding hydrogens is 245 g/mol. The number of rotatable bonds is 2. The van der Waals surface area contributed by atoms with Crippen molar-refractivity contribution in [2.24, 2.45) is 0 Å². The summed E-state index contributed by atoms with van der Waals surface area (Å²) in [4.78, 5) is 0. The molecule has 1 N–H and O–H groups in total. The Bertz CT molecular complexity index is 321. The standard InChI is InChI=1S/C11H13BrFN/c12-10-6-5-8(13)7-11(10)14-9-3-1-2-4-9/h5-7,9,14H,1-4H2. The second kappa shape index (κ2) is 4.30. The molecular formula is C11H13BrFN. The first-order chi connectivity index (χ1) is 6.75. The molecule has 1 aliphatic rings. The molecule has 1 saturated carbocycles. The van der Waals surface area contributed by atoms with Crippen LogP contribution in [0.1, 0.15) is 25.7 Å². The summed E-state index contributed by atoms with van der Waals surface area (Å²) >= 11 is 3.41. The first-order valence-electron chi connectivity index (χ1n) is 4.97. The number of nitrogens with one attached hydrogen (secondary N) is 1. The predicted molar refractivity (Wildman–Crippen MR) is 60.0 cm³/mol. The largest absolute Gasteiger partial charge is 0.381 e. The van der Waals surface area contributed by atoms with Gasteiger partial charge in [0, 0.05) is 10.5 Å². The van der Waals surface area contributed by atoms with E-state index in [2.05, 4.69) is 21.2 Å². The Labute approximate surface area is 91.8 Å². The summed E-state index contributed by atoms with van der Waals surface area (Å²) in [7, 11) is 0. The maximum Gasteiger partial charge on any atom is 0.125 e. The summed E-state index contributed by atoms with van der Waals surface area (Å²) in [5.41, 5.74) is 0.872. The Morgan fingerprint density at radius 1 is 1.29 bits per heavy atom. The highest BCUT2D eigenvalue weighted by molar-refractivity contribution is 9.10. The van der Waals surface area contributed by atoms with E-state index in [1.165, 1.54) is 31.7 Å². The first-order valence-corrected chi connectivity index (χ1v) is 5.76. The number of anilines is 1. The fraction of sp³-hybridized carbons (Fsp3) is 0.455. The highest BCUT2D eigenvalue weighted by atomic mass is 79.9. The van der Waals surface area contributed by atoms with E-state index in [1.807, 2.05) is 0 Å². The molecule has 1 nitrogen and oxygen atoms in total. The summed E-state index contributed by atoms with van der Waals surface area (Å²) in [6, 6.07) is 5.27. The van der Waals surface area contributed by atoms with Gasteiger partial charge in [0.1, 0.15) is 5.82 Å². The second-order valence-corrected chi connectivity index (χ2v) is 4.60. The minimum absolute atomic E-state index is 0.186. The number of halogens is 2. The molecule has 0 radical (unpaired) electrons. The summed E-state index contributed by atoms with van der Waals surface area (Å²) in [5.74, 6) is -0.186. The topological polar surface area (TPSA) is 12.0 Å². The van der Waals surface area contributed by atoms with Gasteiger partial charge >= 0.3 is 0 Å². The van der Waals surface area contributed by atoms with Gasteiger partial charge in [-0.05, 0) is 47.0 Å². The molecule has 0 unspecified atom stereocenters. The molecule has 0 atom stereocenters. The minimum Gasteiger partial charge on any atom is -0.381 e. The molecule has 14 heavy (non-hydrogen) atoms. The molecule has 0 saturated heterocycles. The Kier molecular flexibility index (Phi) is 3.06. The minimum atomic E-state index is -0.186. The van der Waals surface area contributed by atoms with Gasteiger partial charge in [0.2, 0.25) is 0 Å². The average Bonchev–Trinajstić information content (AvgIpc) is 2.64. The lowest BCUT2D eigenvalue weighted by molar-refractivity contribution is 0.627. The molecule has 0 spiro atoms. The molecule has 0 amide bonds. The van der Waals surface area contributed by atoms with Gasteiger partial charge in [-0.3, -0.25) is 0 Å². The molecule has 76 valence electrons. The summed E-state index contributed by atoms with van der Waals surface area (Å²) in [5, 5.41) is 3.36. The maximum absolute atomic E-state index is 13.0. The van der Waals surface area contributed by atoms with Crippen molar-refractivity contribution in [3.63, 3.8) is 0 Å². The third-order valence-electron chi connectivity index (χ3n) is 2.64. The van der Waals surface area contributed by atoms with Crippen LogP contribution in [0.4, 0.5) is 10.1 Å². The van der Waals surface area contributed by atoms with E-state index < -0.39 is 0 Å². The van der Waals surface area contributed by atoms with Crippen LogP contribution in [-0.2, 0) is 0 Å². The Morgan fingerprint density at radius 2 is 2.00 bits per heavy atom. The number of hydrogen-bond acceptors (Lipinski definition) is 1. The fourth-order valence-corrected chi connectivity index (χ4v) is 2.26. The molecule has 1 aliphatic carbocycles. The van der Waals surface area contributed by atoms with Crippen molar-refractivity contribution >= 4 is 21.6 Å². The van der Waals surface area contributed by atoms with Crippen LogP contribution in [0, 0.1) is 5.82 Å². The molecule has 1 aromatic rings. The number of hydrogen-bond donors (Lipinski definition) is 1. The quantitative estimate of drug-likeness (QED) is 0.847. The van der Waals surface area contributed by atoms with Crippen LogP contribution >= 0.6 is 15.9 Å². The average molecular weight is 258 g/mol. The van der Waals surface area contributed by atoms with E-state index in [0.717, 1.165) is 10.2 Å². The normalized spacial score (nSPS) is 17.3. The van der Waals surface area contributed by atoms with Crippen LogP contribution in [0.5, 0.6) is 0 Å². The van der Waals surface area contributed by atoms with E-state index in [4.69, 9.17) is 0 Å². The van der Waals surface area contributed by atoms with Gasteiger partial charge in [-0.2, -0.15) is 0 Å². The summed E-state index contributed by atoms with van der Waals surface area (Å²) in [6.07, 6.45) is 4.96. The lowest BCUT2D eigenvalue weighted by Crippen LogP contribution is -2.14. The van der Waals surface area contributed by atoms with Crippen molar-refractivity contribution < 1.29 is 4.39 Å². The van der Waals surface area contributed by atoms with E-state index in [-0.39, 0.29) is 5.82 Å². The van der Waals surface area contributed by atoms with Crippen molar-refractivity contribution in [1.82, 2.24) is 0 Å². The molecule has 0 bridgehead atoms. The van der Waals surface area contributed by atoms with Crippen molar-refractivity contribution in [3.8, 4) is 0 Å². The molecule has 2 rings (SSSR count). The zero-order valence-corrected chi connectivity index (χ0v) is 9.48. The molecule has 0 aromatic heterocycles. The maximum atomic E-state index is 13.0. The van der Waals surface area contributed by atoms with Crippen molar-refractivity contribution in [1.29, 1.82) is 0 Å². The van der Waals surface area contributed by atoms with Crippen LogP contribution in [-0.4, -0.2) is 6.04 Å². The van der Waals surface area contributed by atoms with E-state index in [9.17, 15) is 4.39 Å². The Hall–Kier alpha value is -0.570. The van der Waals surface area contributed by atoms with E-state index >= 15 is 0 Å². The van der Waals surface area contributed by atoms with Crippen molar-refractivity contribution in [2.45, 2.75) is 31.7 Å². The predicted octanol–water partition coefficient (Wildman–Crippen LogP) is 3.94. The zero-order chi connectivity index (χ0) is 9.97. The molecule has 1 aromatic carbocycles. The van der Waals surface area contributed by atoms with Gasteiger partial charge in [-0.1, -0.05) is 12.8 Å². The smallest absolute Gasteiger partial charge is 0.125 e. The van der Waals surface area contributed by atoms with Gasteiger partial charge in [0.15, 0.2) is 0 Å². The van der Waals surface area contributed by atoms with Gasteiger partial charge in [-0.25, -0.2) is 4.39 Å². The monoisotopic (exact) mass is 257 g/mol. The van der Waals surface area contributed by atoms with Gasteiger partial charge in [0.05, 0.1) is 5.69 Å². The highest BCUT2D eigenvalue weighted by Crippen LogP contribution is 2.27. The molecule has 0 aliphatic heterocycles. The summed E-state index contributed by atoms with van der Waals surface area (Å²) < 4.78 is 13.9. The van der Waals surface area contributed by atoms with Crippen molar-refractivity contribution in [2.75, 3.05) is 5.32 Å². The second-order valence-electron chi connectivity index (χ2n) is 3.75. The number of benzene rings is 1. The van der Waals surface area contributed by atoms with Crippen LogP contribution in [0.3, 0.4) is 0 Å². The zero-order valence-electron chi connectivity index (χ0n) is 7.89. The Balaban J connectivity index is 2.10. The van der Waals surface area contributed by atoms with Crippen molar-refractivity contribution in [3.05, 3.63) is 28.5 Å². The Morgan fingerprint density at radius 3 is 2.71 bits per heavy atom. The van der Waals surface area contributed by atoms with Crippen LogP contribution in [0.15, 0.2) is 22.7 Å². The summed E-state index contributed by atoms with van der Waals surface area (Å²) in [6.45, 7) is 0. The van der Waals surface area contributed by atoms with Crippen LogP contribution in [0.2, 0.25) is 0 Å². The fourth-order valence-electron chi connectivity index (χ4n) is 1.90. The van der Waals surface area contributed by atoms with Gasteiger partial charge in [-0.15, -0.1) is 0 Å². The molecule has 1 fully saturated rings. The van der Waals surface area contributed by atoms with E-state index in [0.29, 0.717) is 6.04 Å².